The van der Waals surface area contributed by atoms with E-state index in [2.05, 4.69) is 0 Å². The van der Waals surface area contributed by atoms with Gasteiger partial charge < -0.3 is 5.11 Å². The molecule has 0 spiro atoms. The molecule has 1 aromatic rings. The Balaban J connectivity index is 2.76. The maximum Gasteiger partial charge on any atom is 0.321 e. The summed E-state index contributed by atoms with van der Waals surface area (Å²) in [5.74, 6) is -2.97. The summed E-state index contributed by atoms with van der Waals surface area (Å²) in [6.45, 7) is 0. The second-order valence-corrected chi connectivity index (χ2v) is 3.59. The molecule has 0 aromatic heterocycles. The van der Waals surface area contributed by atoms with E-state index in [0.29, 0.717) is 10.6 Å². The molecule has 0 heterocycles. The number of hydrogen-bond acceptors (Lipinski definition) is 3. The number of hydrogen-bond donors (Lipinski definition) is 1. The van der Waals surface area contributed by atoms with Gasteiger partial charge in [-0.25, -0.2) is 0 Å². The zero-order valence-electron chi connectivity index (χ0n) is 8.18. The third-order valence-corrected chi connectivity index (χ3v) is 2.26. The van der Waals surface area contributed by atoms with Crippen LogP contribution in [-0.2, 0) is 4.79 Å². The predicted molar refractivity (Wildman–Crippen MR) is 57.1 cm³/mol. The van der Waals surface area contributed by atoms with Crippen LogP contribution in [0.15, 0.2) is 24.3 Å². The van der Waals surface area contributed by atoms with Crippen molar-refractivity contribution in [3.63, 3.8) is 0 Å². The number of aliphatic carboxylic acids is 1. The molecule has 16 heavy (non-hydrogen) atoms. The molecule has 1 aromatic carbocycles. The third kappa shape index (κ3) is 3.07. The van der Waals surface area contributed by atoms with Crippen molar-refractivity contribution in [1.29, 1.82) is 5.26 Å². The Kier molecular flexibility index (Phi) is 4.03. The molecular formula is C11H8ClNO3. The number of halogens is 1. The van der Waals surface area contributed by atoms with Crippen LogP contribution in [0.5, 0.6) is 0 Å². The van der Waals surface area contributed by atoms with Crippen molar-refractivity contribution in [2.24, 2.45) is 5.92 Å². The second kappa shape index (κ2) is 5.29. The van der Waals surface area contributed by atoms with Crippen molar-refractivity contribution >= 4 is 23.4 Å². The summed E-state index contributed by atoms with van der Waals surface area (Å²) in [6, 6.07) is 7.65. The number of ketones is 1. The summed E-state index contributed by atoms with van der Waals surface area (Å²) in [5, 5.41) is 17.6. The van der Waals surface area contributed by atoms with Crippen LogP contribution in [0.25, 0.3) is 0 Å². The molecule has 0 bridgehead atoms. The van der Waals surface area contributed by atoms with Gasteiger partial charge in [0.15, 0.2) is 11.7 Å². The zero-order chi connectivity index (χ0) is 12.1. The van der Waals surface area contributed by atoms with Crippen LogP contribution in [0.3, 0.4) is 0 Å². The van der Waals surface area contributed by atoms with Gasteiger partial charge in [0, 0.05) is 17.0 Å². The zero-order valence-corrected chi connectivity index (χ0v) is 8.94. The van der Waals surface area contributed by atoms with Crippen LogP contribution in [0.2, 0.25) is 5.02 Å². The lowest BCUT2D eigenvalue weighted by Gasteiger charge is -2.03. The quantitative estimate of drug-likeness (QED) is 0.814. The first-order chi connectivity index (χ1) is 7.54. The first kappa shape index (κ1) is 12.2. The highest BCUT2D eigenvalue weighted by molar-refractivity contribution is 6.30. The topological polar surface area (TPSA) is 78.2 Å². The van der Waals surface area contributed by atoms with E-state index in [4.69, 9.17) is 22.0 Å². The highest BCUT2D eigenvalue weighted by atomic mass is 35.5. The third-order valence-electron chi connectivity index (χ3n) is 2.01. The van der Waals surface area contributed by atoms with Crippen molar-refractivity contribution in [3.05, 3.63) is 34.9 Å². The molecule has 1 N–H and O–H groups in total. The number of nitriles is 1. The van der Waals surface area contributed by atoms with Crippen LogP contribution in [0.4, 0.5) is 0 Å². The summed E-state index contributed by atoms with van der Waals surface area (Å²) in [4.78, 5) is 22.1. The number of Topliss-reactive ketones (excluding diaryl/α,β-unsaturated/α-hetero) is 1. The largest absolute Gasteiger partial charge is 0.480 e. The molecule has 0 aliphatic carbocycles. The molecule has 0 fully saturated rings. The molecular weight excluding hydrogens is 230 g/mol. The summed E-state index contributed by atoms with van der Waals surface area (Å²) in [6.07, 6.45) is -0.326. The number of nitrogens with zero attached hydrogens (tertiary/aromatic N) is 1. The van der Waals surface area contributed by atoms with E-state index in [9.17, 15) is 9.59 Å². The predicted octanol–water partition coefficient (Wildman–Crippen LogP) is 2.14. The summed E-state index contributed by atoms with van der Waals surface area (Å²) in [7, 11) is 0. The average Bonchev–Trinajstić information content (AvgIpc) is 2.26. The molecule has 82 valence electrons. The lowest BCUT2D eigenvalue weighted by Crippen LogP contribution is -2.16. The number of benzene rings is 1. The minimum absolute atomic E-state index is 0.326. The molecule has 0 aliphatic heterocycles. The monoisotopic (exact) mass is 237 g/mol. The van der Waals surface area contributed by atoms with E-state index in [-0.39, 0.29) is 12.2 Å². The summed E-state index contributed by atoms with van der Waals surface area (Å²) in [5.41, 5.74) is 0.353. The molecule has 0 saturated carbocycles. The minimum Gasteiger partial charge on any atom is -0.480 e. The number of rotatable bonds is 4. The summed E-state index contributed by atoms with van der Waals surface area (Å²) >= 11 is 5.64. The van der Waals surface area contributed by atoms with Gasteiger partial charge in [-0.15, -0.1) is 0 Å². The van der Waals surface area contributed by atoms with Gasteiger partial charge in [-0.1, -0.05) is 11.6 Å². The molecule has 5 heteroatoms. The van der Waals surface area contributed by atoms with E-state index in [1.54, 1.807) is 6.07 Å². The number of carbonyl (C=O) groups is 2. The Morgan fingerprint density at radius 2 is 1.94 bits per heavy atom. The maximum absolute atomic E-state index is 11.6. The van der Waals surface area contributed by atoms with Gasteiger partial charge >= 0.3 is 5.97 Å². The maximum atomic E-state index is 11.6. The normalized spacial score (nSPS) is 11.5. The van der Waals surface area contributed by atoms with E-state index in [1.165, 1.54) is 24.3 Å². The molecule has 1 atom stereocenters. The standard InChI is InChI=1S/C11H8ClNO3/c12-9-3-1-7(2-4-9)10(14)5-8(6-13)11(15)16/h1-4,8H,5H2,(H,15,16). The molecule has 1 unspecified atom stereocenters. The van der Waals surface area contributed by atoms with Crippen LogP contribution in [0.1, 0.15) is 16.8 Å². The molecule has 1 rings (SSSR count). The lowest BCUT2D eigenvalue weighted by atomic mass is 10.00. The van der Waals surface area contributed by atoms with E-state index in [0.717, 1.165) is 0 Å². The Hall–Kier alpha value is -1.86. The van der Waals surface area contributed by atoms with Gasteiger partial charge in [-0.05, 0) is 24.3 Å². The van der Waals surface area contributed by atoms with Crippen LogP contribution in [-0.4, -0.2) is 16.9 Å². The van der Waals surface area contributed by atoms with Crippen molar-refractivity contribution in [1.82, 2.24) is 0 Å². The van der Waals surface area contributed by atoms with Gasteiger partial charge in [0.1, 0.15) is 0 Å². The van der Waals surface area contributed by atoms with Crippen LogP contribution < -0.4 is 0 Å². The van der Waals surface area contributed by atoms with Gasteiger partial charge in [0.05, 0.1) is 6.07 Å². The molecule has 0 saturated heterocycles. The Bertz CT molecular complexity index is 447. The van der Waals surface area contributed by atoms with Crippen molar-refractivity contribution in [3.8, 4) is 6.07 Å². The van der Waals surface area contributed by atoms with Gasteiger partial charge in [0.25, 0.3) is 0 Å². The Labute approximate surface area is 97.1 Å². The molecule has 0 amide bonds. The average molecular weight is 238 g/mol. The lowest BCUT2D eigenvalue weighted by molar-refractivity contribution is -0.139. The number of carboxylic acids is 1. The molecule has 0 aliphatic rings. The van der Waals surface area contributed by atoms with Crippen molar-refractivity contribution in [2.75, 3.05) is 0 Å². The first-order valence-corrected chi connectivity index (χ1v) is 4.83. The van der Waals surface area contributed by atoms with Crippen molar-refractivity contribution in [2.45, 2.75) is 6.42 Å². The fourth-order valence-electron chi connectivity index (χ4n) is 1.13. The van der Waals surface area contributed by atoms with Gasteiger partial charge in [-0.2, -0.15) is 5.26 Å². The molecule has 0 radical (unpaired) electrons. The fraction of sp³-hybridized carbons (Fsp3) is 0.182. The van der Waals surface area contributed by atoms with E-state index in [1.807, 2.05) is 0 Å². The van der Waals surface area contributed by atoms with Crippen LogP contribution >= 0.6 is 11.6 Å². The summed E-state index contributed by atoms with van der Waals surface area (Å²) < 4.78 is 0. The van der Waals surface area contributed by atoms with E-state index >= 15 is 0 Å². The number of carboxylic acid groups (broad SMARTS) is 1. The van der Waals surface area contributed by atoms with Crippen molar-refractivity contribution < 1.29 is 14.7 Å². The minimum atomic E-state index is -1.30. The Morgan fingerprint density at radius 1 is 1.38 bits per heavy atom. The highest BCUT2D eigenvalue weighted by Gasteiger charge is 2.21. The smallest absolute Gasteiger partial charge is 0.321 e. The van der Waals surface area contributed by atoms with Crippen LogP contribution in [0, 0.1) is 17.2 Å². The molecule has 4 nitrogen and oxygen atoms in total. The fourth-order valence-corrected chi connectivity index (χ4v) is 1.25. The first-order valence-electron chi connectivity index (χ1n) is 4.45. The SMILES string of the molecule is N#CC(CC(=O)c1ccc(Cl)cc1)C(=O)O. The second-order valence-electron chi connectivity index (χ2n) is 3.15. The number of carbonyl (C=O) groups excluding carboxylic acids is 1. The van der Waals surface area contributed by atoms with E-state index < -0.39 is 11.9 Å². The van der Waals surface area contributed by atoms with Gasteiger partial charge in [-0.3, -0.25) is 9.59 Å². The van der Waals surface area contributed by atoms with Gasteiger partial charge in [0.2, 0.25) is 0 Å². The highest BCUT2D eigenvalue weighted by Crippen LogP contribution is 2.13. The Morgan fingerprint density at radius 3 is 2.38 bits per heavy atom.